The summed E-state index contributed by atoms with van der Waals surface area (Å²) in [4.78, 5) is 9.33. The summed E-state index contributed by atoms with van der Waals surface area (Å²) in [5, 5.41) is 3.50. The number of nitrogens with one attached hydrogen (secondary N) is 1. The fraction of sp³-hybridized carbons (Fsp3) is 0.632. The lowest BCUT2D eigenvalue weighted by Gasteiger charge is -2.36. The first kappa shape index (κ1) is 18.7. The third-order valence-corrected chi connectivity index (χ3v) is 4.44. The number of guanidine groups is 1. The van der Waals surface area contributed by atoms with Crippen LogP contribution in [0.1, 0.15) is 24.8 Å². The Kier molecular flexibility index (Phi) is 8.63. The molecule has 1 fully saturated rings. The van der Waals surface area contributed by atoms with Gasteiger partial charge in [0.1, 0.15) is 0 Å². The molecule has 0 atom stereocenters. The number of hydrogen-bond acceptors (Lipinski definition) is 3. The molecule has 0 bridgehead atoms. The number of aliphatic imine (C=N–C) groups is 1. The molecule has 0 spiro atoms. The Balaban J connectivity index is 1.66. The maximum atomic E-state index is 5.08. The van der Waals surface area contributed by atoms with Crippen LogP contribution in [0.5, 0.6) is 0 Å². The Bertz CT molecular complexity index is 470. The lowest BCUT2D eigenvalue weighted by molar-refractivity contribution is 0.172. The molecule has 5 nitrogen and oxygen atoms in total. The van der Waals surface area contributed by atoms with Crippen molar-refractivity contribution in [3.05, 3.63) is 35.9 Å². The smallest absolute Gasteiger partial charge is 0.193 e. The van der Waals surface area contributed by atoms with Gasteiger partial charge in [-0.2, -0.15) is 0 Å². The minimum Gasteiger partial charge on any atom is -0.385 e. The van der Waals surface area contributed by atoms with Gasteiger partial charge in [0.15, 0.2) is 5.96 Å². The molecule has 0 radical (unpaired) electrons. The van der Waals surface area contributed by atoms with Crippen LogP contribution >= 0.6 is 0 Å². The number of nitrogens with zero attached hydrogens (tertiary/aromatic N) is 3. The highest BCUT2D eigenvalue weighted by atomic mass is 16.5. The fourth-order valence-electron chi connectivity index (χ4n) is 3.04. The summed E-state index contributed by atoms with van der Waals surface area (Å²) in [5.74, 6) is 1.04. The fourth-order valence-corrected chi connectivity index (χ4v) is 3.04. The van der Waals surface area contributed by atoms with E-state index in [-0.39, 0.29) is 0 Å². The number of benzene rings is 1. The summed E-state index contributed by atoms with van der Waals surface area (Å²) < 4.78 is 5.08. The molecule has 1 heterocycles. The Labute approximate surface area is 146 Å². The Morgan fingerprint density at radius 3 is 2.50 bits per heavy atom. The lowest BCUT2D eigenvalue weighted by atomic mass is 10.2. The summed E-state index contributed by atoms with van der Waals surface area (Å²) in [6.45, 7) is 7.14. The van der Waals surface area contributed by atoms with E-state index in [9.17, 15) is 0 Å². The van der Waals surface area contributed by atoms with Crippen molar-refractivity contribution < 1.29 is 4.74 Å². The number of ether oxygens (including phenoxy) is 1. The van der Waals surface area contributed by atoms with E-state index in [2.05, 4.69) is 50.4 Å². The van der Waals surface area contributed by atoms with Crippen LogP contribution in [-0.2, 0) is 11.3 Å². The molecule has 1 aromatic carbocycles. The van der Waals surface area contributed by atoms with E-state index in [4.69, 9.17) is 4.74 Å². The van der Waals surface area contributed by atoms with Crippen LogP contribution in [0.2, 0.25) is 0 Å². The number of hydrogen-bond donors (Lipinski definition) is 1. The Morgan fingerprint density at radius 1 is 1.08 bits per heavy atom. The Morgan fingerprint density at radius 2 is 1.83 bits per heavy atom. The van der Waals surface area contributed by atoms with Crippen molar-refractivity contribution in [3.8, 4) is 0 Å². The zero-order valence-electron chi connectivity index (χ0n) is 15.2. The van der Waals surface area contributed by atoms with Crippen LogP contribution in [0.3, 0.4) is 0 Å². The third kappa shape index (κ3) is 6.49. The van der Waals surface area contributed by atoms with E-state index in [0.717, 1.165) is 64.7 Å². The molecular formula is C19H32N4O. The predicted octanol–water partition coefficient (Wildman–Crippen LogP) is 2.20. The topological polar surface area (TPSA) is 40.1 Å². The monoisotopic (exact) mass is 332 g/mol. The van der Waals surface area contributed by atoms with Gasteiger partial charge in [-0.25, -0.2) is 0 Å². The molecule has 0 saturated carbocycles. The maximum Gasteiger partial charge on any atom is 0.193 e. The van der Waals surface area contributed by atoms with Crippen molar-refractivity contribution in [2.45, 2.75) is 25.8 Å². The van der Waals surface area contributed by atoms with Crippen molar-refractivity contribution >= 4 is 5.96 Å². The number of methoxy groups -OCH3 is 1. The van der Waals surface area contributed by atoms with Crippen LogP contribution in [0.15, 0.2) is 35.3 Å². The van der Waals surface area contributed by atoms with Gasteiger partial charge in [-0.1, -0.05) is 30.3 Å². The van der Waals surface area contributed by atoms with Gasteiger partial charge in [0.2, 0.25) is 0 Å². The van der Waals surface area contributed by atoms with Crippen LogP contribution in [-0.4, -0.2) is 69.2 Å². The summed E-state index contributed by atoms with van der Waals surface area (Å²) in [5.41, 5.74) is 1.39. The van der Waals surface area contributed by atoms with Gasteiger partial charge in [0, 0.05) is 60.0 Å². The van der Waals surface area contributed by atoms with Crippen molar-refractivity contribution in [1.29, 1.82) is 0 Å². The van der Waals surface area contributed by atoms with E-state index in [1.54, 1.807) is 7.11 Å². The van der Waals surface area contributed by atoms with Crippen molar-refractivity contribution in [1.82, 2.24) is 15.1 Å². The average molecular weight is 332 g/mol. The molecule has 0 unspecified atom stereocenters. The van der Waals surface area contributed by atoms with E-state index in [1.165, 1.54) is 12.0 Å². The zero-order chi connectivity index (χ0) is 17.0. The first-order chi connectivity index (χ1) is 11.8. The van der Waals surface area contributed by atoms with Crippen LogP contribution < -0.4 is 5.32 Å². The second-order valence-electron chi connectivity index (χ2n) is 6.28. The van der Waals surface area contributed by atoms with Gasteiger partial charge in [-0.3, -0.25) is 9.89 Å². The minimum atomic E-state index is 0.859. The van der Waals surface area contributed by atoms with Gasteiger partial charge < -0.3 is 15.0 Å². The largest absolute Gasteiger partial charge is 0.385 e. The summed E-state index contributed by atoms with van der Waals surface area (Å²) in [7, 11) is 3.64. The second-order valence-corrected chi connectivity index (χ2v) is 6.28. The molecular weight excluding hydrogens is 300 g/mol. The third-order valence-electron chi connectivity index (χ3n) is 4.44. The molecule has 1 saturated heterocycles. The summed E-state index contributed by atoms with van der Waals surface area (Å²) >= 11 is 0. The minimum absolute atomic E-state index is 0.859. The highest BCUT2D eigenvalue weighted by Crippen LogP contribution is 2.08. The molecule has 0 amide bonds. The number of unbranched alkanes of at least 4 members (excludes halogenated alkanes) is 2. The maximum absolute atomic E-state index is 5.08. The van der Waals surface area contributed by atoms with Crippen molar-refractivity contribution in [2.75, 3.05) is 53.5 Å². The molecule has 0 aromatic heterocycles. The second kappa shape index (κ2) is 11.0. The molecule has 1 aromatic rings. The molecule has 1 N–H and O–H groups in total. The highest BCUT2D eigenvalue weighted by Gasteiger charge is 2.19. The average Bonchev–Trinajstić information content (AvgIpc) is 2.63. The molecule has 2 rings (SSSR count). The number of piperazine rings is 1. The van der Waals surface area contributed by atoms with Crippen LogP contribution in [0.25, 0.3) is 0 Å². The van der Waals surface area contributed by atoms with Gasteiger partial charge in [-0.15, -0.1) is 0 Å². The van der Waals surface area contributed by atoms with Crippen molar-refractivity contribution in [3.63, 3.8) is 0 Å². The zero-order valence-corrected chi connectivity index (χ0v) is 15.2. The quantitative estimate of drug-likeness (QED) is 0.450. The first-order valence-corrected chi connectivity index (χ1v) is 9.04. The first-order valence-electron chi connectivity index (χ1n) is 9.04. The molecule has 0 aliphatic carbocycles. The Hall–Kier alpha value is -1.59. The lowest BCUT2D eigenvalue weighted by Crippen LogP contribution is -2.52. The van der Waals surface area contributed by atoms with E-state index in [1.807, 2.05) is 7.05 Å². The van der Waals surface area contributed by atoms with E-state index < -0.39 is 0 Å². The summed E-state index contributed by atoms with van der Waals surface area (Å²) in [6, 6.07) is 10.7. The van der Waals surface area contributed by atoms with Gasteiger partial charge in [0.25, 0.3) is 0 Å². The standard InChI is InChI=1S/C19H32N4O/c1-20-19(21-11-7-4-8-16-24-2)23-14-12-22(13-15-23)17-18-9-5-3-6-10-18/h3,5-6,9-10H,4,7-8,11-17H2,1-2H3,(H,20,21). The normalized spacial score (nSPS) is 16.4. The number of rotatable bonds is 8. The SMILES string of the molecule is CN=C(NCCCCCOC)N1CCN(Cc2ccccc2)CC1. The van der Waals surface area contributed by atoms with Gasteiger partial charge >= 0.3 is 0 Å². The molecule has 24 heavy (non-hydrogen) atoms. The summed E-state index contributed by atoms with van der Waals surface area (Å²) in [6.07, 6.45) is 3.49. The molecule has 5 heteroatoms. The van der Waals surface area contributed by atoms with Gasteiger partial charge in [0.05, 0.1) is 0 Å². The predicted molar refractivity (Wildman–Crippen MR) is 100 cm³/mol. The molecule has 134 valence electrons. The van der Waals surface area contributed by atoms with E-state index >= 15 is 0 Å². The molecule has 1 aliphatic heterocycles. The van der Waals surface area contributed by atoms with Crippen molar-refractivity contribution in [2.24, 2.45) is 4.99 Å². The van der Waals surface area contributed by atoms with E-state index in [0.29, 0.717) is 0 Å². The molecule has 1 aliphatic rings. The van der Waals surface area contributed by atoms with Gasteiger partial charge in [-0.05, 0) is 24.8 Å². The highest BCUT2D eigenvalue weighted by molar-refractivity contribution is 5.79. The van der Waals surface area contributed by atoms with Crippen LogP contribution in [0.4, 0.5) is 0 Å². The van der Waals surface area contributed by atoms with Crippen LogP contribution in [0, 0.1) is 0 Å².